The van der Waals surface area contributed by atoms with Gasteiger partial charge in [0, 0.05) is 13.1 Å². The van der Waals surface area contributed by atoms with E-state index in [0.717, 1.165) is 31.8 Å². The van der Waals surface area contributed by atoms with Crippen LogP contribution >= 0.6 is 0 Å². The number of nitrogens with one attached hydrogen (secondary N) is 2. The van der Waals surface area contributed by atoms with Gasteiger partial charge in [-0.25, -0.2) is 13.4 Å². The van der Waals surface area contributed by atoms with Crippen LogP contribution in [0, 0.1) is 11.8 Å². The van der Waals surface area contributed by atoms with Crippen molar-refractivity contribution in [3.05, 3.63) is 12.5 Å². The highest BCUT2D eigenvalue weighted by Gasteiger charge is 2.30. The highest BCUT2D eigenvalue weighted by molar-refractivity contribution is 7.89. The van der Waals surface area contributed by atoms with Crippen LogP contribution in [0.25, 0.3) is 0 Å². The first-order valence-electron chi connectivity index (χ1n) is 8.85. The van der Waals surface area contributed by atoms with Crippen molar-refractivity contribution in [3.8, 4) is 0 Å². The summed E-state index contributed by atoms with van der Waals surface area (Å²) in [5, 5.41) is 3.82. The first-order chi connectivity index (χ1) is 11.2. The molecular formula is C16H28N4O2S. The Bertz CT molecular complexity index is 559. The second-order valence-corrected chi connectivity index (χ2v) is 8.83. The first kappa shape index (κ1) is 16.9. The molecule has 0 amide bonds. The highest BCUT2D eigenvalue weighted by Crippen LogP contribution is 2.24. The molecule has 0 spiro atoms. The zero-order valence-corrected chi connectivity index (χ0v) is 14.5. The topological polar surface area (TPSA) is 78.1 Å². The molecule has 1 aliphatic carbocycles. The molecule has 0 radical (unpaired) electrons. The Hall–Kier alpha value is -0.920. The zero-order valence-electron chi connectivity index (χ0n) is 13.7. The Labute approximate surface area is 139 Å². The van der Waals surface area contributed by atoms with Crippen LogP contribution in [0.2, 0.25) is 0 Å². The van der Waals surface area contributed by atoms with Crippen molar-refractivity contribution in [2.24, 2.45) is 11.8 Å². The molecule has 3 rings (SSSR count). The van der Waals surface area contributed by atoms with Gasteiger partial charge in [0.1, 0.15) is 0 Å². The predicted octanol–water partition coefficient (Wildman–Crippen LogP) is 1.98. The molecule has 0 unspecified atom stereocenters. The summed E-state index contributed by atoms with van der Waals surface area (Å²) in [5.74, 6) is 1.44. The van der Waals surface area contributed by atoms with E-state index in [2.05, 4.69) is 15.3 Å². The lowest BCUT2D eigenvalue weighted by molar-refractivity contribution is 0.258. The van der Waals surface area contributed by atoms with Crippen molar-refractivity contribution in [1.29, 1.82) is 0 Å². The number of hydrogen-bond donors (Lipinski definition) is 2. The summed E-state index contributed by atoms with van der Waals surface area (Å²) in [4.78, 5) is 6.52. The average Bonchev–Trinajstić information content (AvgIpc) is 3.12. The second kappa shape index (κ2) is 7.77. The summed E-state index contributed by atoms with van der Waals surface area (Å²) >= 11 is 0. The molecule has 2 fully saturated rings. The Balaban J connectivity index is 1.40. The molecule has 1 saturated heterocycles. The molecule has 0 bridgehead atoms. The van der Waals surface area contributed by atoms with Gasteiger partial charge in [0.2, 0.25) is 0 Å². The lowest BCUT2D eigenvalue weighted by Crippen LogP contribution is -2.41. The van der Waals surface area contributed by atoms with E-state index in [1.807, 2.05) is 0 Å². The third-order valence-electron chi connectivity index (χ3n) is 5.26. The van der Waals surface area contributed by atoms with Crippen LogP contribution in [0.15, 0.2) is 17.6 Å². The molecule has 130 valence electrons. The number of piperidine rings is 1. The fraction of sp³-hybridized carbons (Fsp3) is 0.812. The van der Waals surface area contributed by atoms with Gasteiger partial charge in [-0.2, -0.15) is 4.31 Å². The minimum absolute atomic E-state index is 0.200. The summed E-state index contributed by atoms with van der Waals surface area (Å²) < 4.78 is 26.4. The van der Waals surface area contributed by atoms with Crippen LogP contribution in [0.5, 0.6) is 0 Å². The van der Waals surface area contributed by atoms with E-state index in [1.54, 1.807) is 4.31 Å². The predicted molar refractivity (Wildman–Crippen MR) is 89.5 cm³/mol. The summed E-state index contributed by atoms with van der Waals surface area (Å²) in [7, 11) is -3.38. The number of nitrogens with zero attached hydrogens (tertiary/aromatic N) is 2. The molecule has 1 aromatic heterocycles. The largest absolute Gasteiger partial charge is 0.335 e. The molecule has 1 saturated carbocycles. The minimum atomic E-state index is -3.38. The van der Waals surface area contributed by atoms with Crippen LogP contribution < -0.4 is 5.32 Å². The quantitative estimate of drug-likeness (QED) is 0.830. The summed E-state index contributed by atoms with van der Waals surface area (Å²) in [6.07, 6.45) is 11.6. The maximum absolute atomic E-state index is 12.4. The van der Waals surface area contributed by atoms with E-state index >= 15 is 0 Å². The van der Waals surface area contributed by atoms with Gasteiger partial charge in [0.15, 0.2) is 5.03 Å². The lowest BCUT2D eigenvalue weighted by Gasteiger charge is -2.31. The van der Waals surface area contributed by atoms with E-state index in [-0.39, 0.29) is 5.03 Å². The minimum Gasteiger partial charge on any atom is -0.335 e. The number of sulfonamides is 1. The summed E-state index contributed by atoms with van der Waals surface area (Å²) in [6.45, 7) is 3.37. The molecule has 7 heteroatoms. The standard InChI is InChI=1S/C16H28N4O2S/c21-23(22,16-12-18-13-19-16)20-8-6-15(7-9-20)11-17-10-14-4-2-1-3-5-14/h12-15,17H,1-11H2,(H,18,19). The monoisotopic (exact) mass is 340 g/mol. The third kappa shape index (κ3) is 4.33. The molecule has 6 nitrogen and oxygen atoms in total. The summed E-state index contributed by atoms with van der Waals surface area (Å²) in [6, 6.07) is 0. The van der Waals surface area contributed by atoms with Crippen LogP contribution in [-0.2, 0) is 10.0 Å². The van der Waals surface area contributed by atoms with Crippen LogP contribution in [0.3, 0.4) is 0 Å². The van der Waals surface area contributed by atoms with Gasteiger partial charge in [0.05, 0.1) is 12.5 Å². The Morgan fingerprint density at radius 2 is 1.74 bits per heavy atom. The van der Waals surface area contributed by atoms with Crippen LogP contribution in [0.1, 0.15) is 44.9 Å². The number of aromatic amines is 1. The molecule has 0 aromatic carbocycles. The van der Waals surface area contributed by atoms with E-state index in [9.17, 15) is 8.42 Å². The smallest absolute Gasteiger partial charge is 0.260 e. The lowest BCUT2D eigenvalue weighted by atomic mass is 9.89. The van der Waals surface area contributed by atoms with Gasteiger partial charge in [-0.1, -0.05) is 19.3 Å². The molecule has 0 atom stereocenters. The van der Waals surface area contributed by atoms with Crippen LogP contribution in [0.4, 0.5) is 0 Å². The first-order valence-corrected chi connectivity index (χ1v) is 10.3. The summed E-state index contributed by atoms with van der Waals surface area (Å²) in [5.41, 5.74) is 0. The molecule has 1 aliphatic heterocycles. The number of aromatic nitrogens is 2. The average molecular weight is 340 g/mol. The Morgan fingerprint density at radius 1 is 1.09 bits per heavy atom. The number of imidazole rings is 1. The van der Waals surface area contributed by atoms with Gasteiger partial charge in [-0.3, -0.25) is 0 Å². The Morgan fingerprint density at radius 3 is 2.35 bits per heavy atom. The van der Waals surface area contributed by atoms with E-state index in [4.69, 9.17) is 0 Å². The van der Waals surface area contributed by atoms with Gasteiger partial charge >= 0.3 is 0 Å². The number of hydrogen-bond acceptors (Lipinski definition) is 4. The van der Waals surface area contributed by atoms with Crippen molar-refractivity contribution in [2.45, 2.75) is 50.0 Å². The Kier molecular flexibility index (Phi) is 5.71. The zero-order chi connectivity index (χ0) is 16.1. The molecule has 2 N–H and O–H groups in total. The van der Waals surface area contributed by atoms with Crippen LogP contribution in [-0.4, -0.2) is 48.9 Å². The number of rotatable bonds is 6. The van der Waals surface area contributed by atoms with Gasteiger partial charge in [0.25, 0.3) is 10.0 Å². The molecule has 2 heterocycles. The molecule has 23 heavy (non-hydrogen) atoms. The number of H-pyrrole nitrogens is 1. The van der Waals surface area contributed by atoms with Crippen molar-refractivity contribution in [2.75, 3.05) is 26.2 Å². The SMILES string of the molecule is O=S(=O)(c1cnc[nH]1)N1CCC(CNCC2CCCCC2)CC1. The van der Waals surface area contributed by atoms with Gasteiger partial charge in [-0.15, -0.1) is 0 Å². The maximum atomic E-state index is 12.4. The van der Waals surface area contributed by atoms with Gasteiger partial charge < -0.3 is 10.3 Å². The van der Waals surface area contributed by atoms with E-state index < -0.39 is 10.0 Å². The third-order valence-corrected chi connectivity index (χ3v) is 7.08. The van der Waals surface area contributed by atoms with Crippen molar-refractivity contribution in [1.82, 2.24) is 19.6 Å². The fourth-order valence-corrected chi connectivity index (χ4v) is 5.13. The molecule has 1 aromatic rings. The maximum Gasteiger partial charge on any atom is 0.260 e. The van der Waals surface area contributed by atoms with Crippen molar-refractivity contribution in [3.63, 3.8) is 0 Å². The van der Waals surface area contributed by atoms with E-state index in [0.29, 0.717) is 19.0 Å². The van der Waals surface area contributed by atoms with Crippen molar-refractivity contribution < 1.29 is 8.42 Å². The van der Waals surface area contributed by atoms with Crippen molar-refractivity contribution >= 4 is 10.0 Å². The normalized spacial score (nSPS) is 22.4. The second-order valence-electron chi connectivity index (χ2n) is 6.93. The fourth-order valence-electron chi connectivity index (χ4n) is 3.76. The van der Waals surface area contributed by atoms with E-state index in [1.165, 1.54) is 44.6 Å². The molecule has 2 aliphatic rings. The van der Waals surface area contributed by atoms with Gasteiger partial charge in [-0.05, 0) is 50.6 Å². The molecular weight excluding hydrogens is 312 g/mol. The highest BCUT2D eigenvalue weighted by atomic mass is 32.2.